The first-order chi connectivity index (χ1) is 8.16. The van der Waals surface area contributed by atoms with E-state index >= 15 is 0 Å². The first kappa shape index (κ1) is 10.3. The summed E-state index contributed by atoms with van der Waals surface area (Å²) < 4.78 is 14.6. The van der Waals surface area contributed by atoms with Crippen molar-refractivity contribution in [3.63, 3.8) is 0 Å². The zero-order valence-corrected chi connectivity index (χ0v) is 9.65. The van der Waals surface area contributed by atoms with Crippen molar-refractivity contribution in [3.8, 4) is 11.1 Å². The molecule has 0 spiro atoms. The summed E-state index contributed by atoms with van der Waals surface area (Å²) in [6.45, 7) is 0. The number of hydrogen-bond acceptors (Lipinski definition) is 2. The minimum Gasteiger partial charge on any atom is -0.383 e. The quantitative estimate of drug-likeness (QED) is 0.863. The molecule has 0 saturated heterocycles. The number of benzene rings is 1. The summed E-state index contributed by atoms with van der Waals surface area (Å²) in [7, 11) is 1.84. The minimum absolute atomic E-state index is 0.232. The molecule has 0 unspecified atom stereocenters. The lowest BCUT2D eigenvalue weighted by Gasteiger charge is -2.03. The van der Waals surface area contributed by atoms with E-state index in [1.54, 1.807) is 16.8 Å². The van der Waals surface area contributed by atoms with Crippen molar-refractivity contribution in [1.82, 2.24) is 9.78 Å². The lowest BCUT2D eigenvalue weighted by Crippen LogP contribution is -1.98. The number of halogens is 1. The van der Waals surface area contributed by atoms with Gasteiger partial charge in [-0.05, 0) is 30.5 Å². The highest BCUT2D eigenvalue weighted by Crippen LogP contribution is 2.45. The van der Waals surface area contributed by atoms with Gasteiger partial charge in [0.1, 0.15) is 11.6 Å². The predicted molar refractivity (Wildman–Crippen MR) is 65.0 cm³/mol. The second-order valence-electron chi connectivity index (χ2n) is 4.55. The SMILES string of the molecule is Cn1nc(C2CC2)c(-c2ccc(F)cc2)c1N. The minimum atomic E-state index is -0.232. The Labute approximate surface area is 99.1 Å². The van der Waals surface area contributed by atoms with Crippen molar-refractivity contribution in [2.75, 3.05) is 5.73 Å². The second kappa shape index (κ2) is 3.58. The highest BCUT2D eigenvalue weighted by atomic mass is 19.1. The molecule has 0 radical (unpaired) electrons. The maximum absolute atomic E-state index is 12.9. The monoisotopic (exact) mass is 231 g/mol. The molecule has 1 fully saturated rings. The van der Waals surface area contributed by atoms with Crippen molar-refractivity contribution in [2.45, 2.75) is 18.8 Å². The van der Waals surface area contributed by atoms with E-state index in [2.05, 4.69) is 5.10 Å². The van der Waals surface area contributed by atoms with E-state index < -0.39 is 0 Å². The Morgan fingerprint density at radius 2 is 1.94 bits per heavy atom. The molecule has 0 bridgehead atoms. The number of hydrogen-bond donors (Lipinski definition) is 1. The molecule has 2 aromatic rings. The molecule has 0 amide bonds. The number of anilines is 1. The van der Waals surface area contributed by atoms with Crippen LogP contribution in [0.4, 0.5) is 10.2 Å². The lowest BCUT2D eigenvalue weighted by molar-refractivity contribution is 0.628. The third-order valence-corrected chi connectivity index (χ3v) is 3.22. The van der Waals surface area contributed by atoms with Crippen LogP contribution in [0.2, 0.25) is 0 Å². The summed E-state index contributed by atoms with van der Waals surface area (Å²) in [4.78, 5) is 0. The fourth-order valence-corrected chi connectivity index (χ4v) is 2.11. The molecular weight excluding hydrogens is 217 g/mol. The zero-order valence-electron chi connectivity index (χ0n) is 9.65. The van der Waals surface area contributed by atoms with Crippen LogP contribution in [0.25, 0.3) is 11.1 Å². The molecule has 0 aliphatic heterocycles. The number of nitrogens with two attached hydrogens (primary N) is 1. The highest BCUT2D eigenvalue weighted by molar-refractivity contribution is 5.77. The van der Waals surface area contributed by atoms with Crippen LogP contribution in [0.5, 0.6) is 0 Å². The van der Waals surface area contributed by atoms with E-state index in [4.69, 9.17) is 5.73 Å². The summed E-state index contributed by atoms with van der Waals surface area (Å²) in [5.41, 5.74) is 9.01. The predicted octanol–water partition coefficient (Wildman–Crippen LogP) is 2.69. The van der Waals surface area contributed by atoms with Gasteiger partial charge in [-0.2, -0.15) is 5.10 Å². The zero-order chi connectivity index (χ0) is 12.0. The van der Waals surface area contributed by atoms with Crippen molar-refractivity contribution >= 4 is 5.82 Å². The first-order valence-corrected chi connectivity index (χ1v) is 5.75. The van der Waals surface area contributed by atoms with Gasteiger partial charge in [0, 0.05) is 18.5 Å². The van der Waals surface area contributed by atoms with Crippen LogP contribution in [0, 0.1) is 5.82 Å². The number of nitrogen functional groups attached to an aromatic ring is 1. The van der Waals surface area contributed by atoms with E-state index in [0.717, 1.165) is 16.8 Å². The Morgan fingerprint density at radius 1 is 1.29 bits per heavy atom. The Hall–Kier alpha value is -1.84. The smallest absolute Gasteiger partial charge is 0.129 e. The number of rotatable bonds is 2. The molecule has 1 aromatic heterocycles. The molecule has 1 aliphatic rings. The Kier molecular flexibility index (Phi) is 2.18. The fraction of sp³-hybridized carbons (Fsp3) is 0.308. The number of nitrogens with zero attached hydrogens (tertiary/aromatic N) is 2. The normalized spacial score (nSPS) is 15.2. The van der Waals surface area contributed by atoms with Gasteiger partial charge in [-0.15, -0.1) is 0 Å². The third-order valence-electron chi connectivity index (χ3n) is 3.22. The van der Waals surface area contributed by atoms with Crippen LogP contribution in [-0.4, -0.2) is 9.78 Å². The maximum Gasteiger partial charge on any atom is 0.129 e. The summed E-state index contributed by atoms with van der Waals surface area (Å²) in [5.74, 6) is 0.946. The molecule has 0 atom stereocenters. The summed E-state index contributed by atoms with van der Waals surface area (Å²) in [6.07, 6.45) is 2.34. The average molecular weight is 231 g/mol. The lowest BCUT2D eigenvalue weighted by atomic mass is 10.0. The van der Waals surface area contributed by atoms with E-state index in [1.165, 1.54) is 25.0 Å². The molecule has 1 aliphatic carbocycles. The van der Waals surface area contributed by atoms with Crippen LogP contribution in [0.3, 0.4) is 0 Å². The van der Waals surface area contributed by atoms with E-state index in [0.29, 0.717) is 11.7 Å². The second-order valence-corrected chi connectivity index (χ2v) is 4.55. The molecule has 1 saturated carbocycles. The van der Waals surface area contributed by atoms with E-state index in [-0.39, 0.29) is 5.82 Å². The molecule has 88 valence electrons. The van der Waals surface area contributed by atoms with Gasteiger partial charge < -0.3 is 5.73 Å². The van der Waals surface area contributed by atoms with Crippen LogP contribution in [-0.2, 0) is 7.05 Å². The molecule has 1 heterocycles. The number of aromatic nitrogens is 2. The van der Waals surface area contributed by atoms with Gasteiger partial charge in [0.2, 0.25) is 0 Å². The molecule has 2 N–H and O–H groups in total. The molecule has 1 aromatic carbocycles. The molecule has 17 heavy (non-hydrogen) atoms. The Morgan fingerprint density at radius 3 is 2.53 bits per heavy atom. The van der Waals surface area contributed by atoms with Gasteiger partial charge in [0.05, 0.1) is 5.69 Å². The molecule has 4 heteroatoms. The van der Waals surface area contributed by atoms with Gasteiger partial charge in [0.25, 0.3) is 0 Å². The standard InChI is InChI=1S/C13H14FN3/c1-17-13(15)11(12(16-17)9-2-3-9)8-4-6-10(14)7-5-8/h4-7,9H,2-3,15H2,1H3. The third kappa shape index (κ3) is 1.69. The summed E-state index contributed by atoms with van der Waals surface area (Å²) >= 11 is 0. The molecular formula is C13H14FN3. The van der Waals surface area contributed by atoms with Gasteiger partial charge >= 0.3 is 0 Å². The van der Waals surface area contributed by atoms with Gasteiger partial charge in [-0.3, -0.25) is 4.68 Å². The Bertz CT molecular complexity index is 553. The average Bonchev–Trinajstić information content (AvgIpc) is 3.10. The summed E-state index contributed by atoms with van der Waals surface area (Å²) in [6, 6.07) is 6.43. The van der Waals surface area contributed by atoms with Crippen LogP contribution >= 0.6 is 0 Å². The van der Waals surface area contributed by atoms with Gasteiger partial charge in [-0.25, -0.2) is 4.39 Å². The van der Waals surface area contributed by atoms with Crippen molar-refractivity contribution in [3.05, 3.63) is 35.8 Å². The van der Waals surface area contributed by atoms with Crippen LogP contribution in [0.1, 0.15) is 24.5 Å². The maximum atomic E-state index is 12.9. The Balaban J connectivity index is 2.15. The van der Waals surface area contributed by atoms with Gasteiger partial charge in [-0.1, -0.05) is 12.1 Å². The van der Waals surface area contributed by atoms with Crippen molar-refractivity contribution in [2.24, 2.45) is 7.05 Å². The van der Waals surface area contributed by atoms with Crippen molar-refractivity contribution in [1.29, 1.82) is 0 Å². The van der Waals surface area contributed by atoms with Gasteiger partial charge in [0.15, 0.2) is 0 Å². The first-order valence-electron chi connectivity index (χ1n) is 5.75. The van der Waals surface area contributed by atoms with Crippen molar-refractivity contribution < 1.29 is 4.39 Å². The van der Waals surface area contributed by atoms with Crippen LogP contribution in [0.15, 0.2) is 24.3 Å². The molecule has 3 nitrogen and oxygen atoms in total. The largest absolute Gasteiger partial charge is 0.383 e. The summed E-state index contributed by atoms with van der Waals surface area (Å²) in [5, 5.41) is 4.47. The van der Waals surface area contributed by atoms with E-state index in [9.17, 15) is 4.39 Å². The van der Waals surface area contributed by atoms with E-state index in [1.807, 2.05) is 7.05 Å². The topological polar surface area (TPSA) is 43.8 Å². The highest BCUT2D eigenvalue weighted by Gasteiger charge is 2.31. The number of aryl methyl sites for hydroxylation is 1. The molecule has 3 rings (SSSR count). The van der Waals surface area contributed by atoms with Crippen LogP contribution < -0.4 is 5.73 Å². The fourth-order valence-electron chi connectivity index (χ4n) is 2.11.